The molecular weight excluding hydrogens is 222 g/mol. The van der Waals surface area contributed by atoms with E-state index in [9.17, 15) is 4.79 Å². The summed E-state index contributed by atoms with van der Waals surface area (Å²) in [5, 5.41) is 9.15. The van der Waals surface area contributed by atoms with Crippen molar-refractivity contribution in [3.63, 3.8) is 0 Å². The third-order valence-corrected chi connectivity index (χ3v) is 3.24. The van der Waals surface area contributed by atoms with Crippen molar-refractivity contribution in [1.29, 1.82) is 0 Å². The van der Waals surface area contributed by atoms with Crippen LogP contribution in [0.1, 0.15) is 20.3 Å². The summed E-state index contributed by atoms with van der Waals surface area (Å²) in [7, 11) is 1.68. The summed E-state index contributed by atoms with van der Waals surface area (Å²) in [5.74, 6) is -1.18. The zero-order valence-electron chi connectivity index (χ0n) is 10.9. The lowest BCUT2D eigenvalue weighted by Crippen LogP contribution is -2.46. The van der Waals surface area contributed by atoms with Crippen molar-refractivity contribution in [2.75, 3.05) is 33.4 Å². The van der Waals surface area contributed by atoms with Crippen molar-refractivity contribution in [3.05, 3.63) is 0 Å². The van der Waals surface area contributed by atoms with Crippen molar-refractivity contribution in [3.8, 4) is 0 Å². The number of ether oxygens (including phenoxy) is 2. The summed E-state index contributed by atoms with van der Waals surface area (Å²) in [6, 6.07) is -0.0231. The van der Waals surface area contributed by atoms with E-state index < -0.39 is 11.9 Å². The molecule has 5 heteroatoms. The predicted octanol–water partition coefficient (Wildman–Crippen LogP) is 0.833. The van der Waals surface area contributed by atoms with Crippen molar-refractivity contribution in [2.45, 2.75) is 32.4 Å². The standard InChI is InChI=1S/C12H23NO4/c1-4-5-13(6-9(2)16-3)11-8-17-7-10(11)12(14)15/h9-11H,4-8H2,1-3H3,(H,14,15). The highest BCUT2D eigenvalue weighted by Crippen LogP contribution is 2.21. The van der Waals surface area contributed by atoms with Crippen LogP contribution < -0.4 is 0 Å². The number of carboxylic acids is 1. The Morgan fingerprint density at radius 3 is 2.82 bits per heavy atom. The first kappa shape index (κ1) is 14.4. The molecule has 5 nitrogen and oxygen atoms in total. The Morgan fingerprint density at radius 2 is 2.29 bits per heavy atom. The van der Waals surface area contributed by atoms with Gasteiger partial charge in [-0.3, -0.25) is 9.69 Å². The largest absolute Gasteiger partial charge is 0.481 e. The van der Waals surface area contributed by atoms with Gasteiger partial charge in [0.05, 0.1) is 25.2 Å². The molecule has 0 amide bonds. The van der Waals surface area contributed by atoms with E-state index in [1.165, 1.54) is 0 Å². The van der Waals surface area contributed by atoms with Crippen LogP contribution in [0, 0.1) is 5.92 Å². The van der Waals surface area contributed by atoms with Crippen LogP contribution in [0.25, 0.3) is 0 Å². The van der Waals surface area contributed by atoms with Gasteiger partial charge in [-0.25, -0.2) is 0 Å². The molecule has 1 heterocycles. The van der Waals surface area contributed by atoms with Gasteiger partial charge in [-0.2, -0.15) is 0 Å². The number of nitrogens with zero attached hydrogens (tertiary/aromatic N) is 1. The van der Waals surface area contributed by atoms with Crippen LogP contribution in [-0.4, -0.2) is 61.5 Å². The maximum Gasteiger partial charge on any atom is 0.310 e. The van der Waals surface area contributed by atoms with Gasteiger partial charge in [0.25, 0.3) is 0 Å². The number of aliphatic carboxylic acids is 1. The molecule has 0 spiro atoms. The van der Waals surface area contributed by atoms with Crippen molar-refractivity contribution in [1.82, 2.24) is 4.90 Å². The van der Waals surface area contributed by atoms with Gasteiger partial charge in [-0.15, -0.1) is 0 Å². The molecule has 1 N–H and O–H groups in total. The third kappa shape index (κ3) is 3.94. The van der Waals surface area contributed by atoms with E-state index in [1.54, 1.807) is 7.11 Å². The number of hydrogen-bond donors (Lipinski definition) is 1. The minimum Gasteiger partial charge on any atom is -0.481 e. The van der Waals surface area contributed by atoms with Gasteiger partial charge in [0.2, 0.25) is 0 Å². The highest BCUT2D eigenvalue weighted by molar-refractivity contribution is 5.71. The Morgan fingerprint density at radius 1 is 1.59 bits per heavy atom. The molecule has 1 fully saturated rings. The number of carbonyl (C=O) groups is 1. The zero-order chi connectivity index (χ0) is 12.8. The topological polar surface area (TPSA) is 59.0 Å². The lowest BCUT2D eigenvalue weighted by Gasteiger charge is -2.31. The molecule has 0 radical (unpaired) electrons. The Labute approximate surface area is 103 Å². The van der Waals surface area contributed by atoms with Gasteiger partial charge < -0.3 is 14.6 Å². The molecule has 0 aromatic heterocycles. The van der Waals surface area contributed by atoms with Gasteiger partial charge in [0.15, 0.2) is 0 Å². The molecule has 0 aliphatic carbocycles. The van der Waals surface area contributed by atoms with E-state index in [1.807, 2.05) is 6.92 Å². The summed E-state index contributed by atoms with van der Waals surface area (Å²) in [6.45, 7) is 6.55. The van der Waals surface area contributed by atoms with Gasteiger partial charge in [0, 0.05) is 19.7 Å². The number of hydrogen-bond acceptors (Lipinski definition) is 4. The van der Waals surface area contributed by atoms with E-state index in [2.05, 4.69) is 11.8 Å². The smallest absolute Gasteiger partial charge is 0.310 e. The molecule has 0 bridgehead atoms. The van der Waals surface area contributed by atoms with Crippen molar-refractivity contribution in [2.24, 2.45) is 5.92 Å². The van der Waals surface area contributed by atoms with Gasteiger partial charge in [-0.1, -0.05) is 6.92 Å². The molecule has 0 aromatic carbocycles. The van der Waals surface area contributed by atoms with E-state index in [0.717, 1.165) is 19.5 Å². The number of methoxy groups -OCH3 is 1. The van der Waals surface area contributed by atoms with Crippen LogP contribution in [0.15, 0.2) is 0 Å². The second-order valence-electron chi connectivity index (χ2n) is 4.59. The number of rotatable bonds is 7. The lowest BCUT2D eigenvalue weighted by molar-refractivity contribution is -0.143. The molecule has 1 rings (SSSR count). The third-order valence-electron chi connectivity index (χ3n) is 3.24. The molecule has 1 saturated heterocycles. The normalized spacial score (nSPS) is 26.4. The molecule has 0 aromatic rings. The van der Waals surface area contributed by atoms with Crippen molar-refractivity contribution < 1.29 is 19.4 Å². The Kier molecular flexibility index (Phi) is 5.88. The SMILES string of the molecule is CCCN(CC(C)OC)C1COCC1C(=O)O. The van der Waals surface area contributed by atoms with Gasteiger partial charge >= 0.3 is 5.97 Å². The molecule has 0 saturated carbocycles. The Balaban J connectivity index is 2.64. The van der Waals surface area contributed by atoms with E-state index in [0.29, 0.717) is 13.2 Å². The summed E-state index contributed by atoms with van der Waals surface area (Å²) in [6.07, 6.45) is 1.11. The summed E-state index contributed by atoms with van der Waals surface area (Å²) in [4.78, 5) is 13.3. The predicted molar refractivity (Wildman–Crippen MR) is 64.1 cm³/mol. The number of carboxylic acid groups (broad SMARTS) is 1. The van der Waals surface area contributed by atoms with Crippen LogP contribution in [0.3, 0.4) is 0 Å². The van der Waals surface area contributed by atoms with Crippen LogP contribution in [-0.2, 0) is 14.3 Å². The van der Waals surface area contributed by atoms with E-state index in [4.69, 9.17) is 14.6 Å². The highest BCUT2D eigenvalue weighted by Gasteiger charge is 2.37. The fraction of sp³-hybridized carbons (Fsp3) is 0.917. The first-order valence-corrected chi connectivity index (χ1v) is 6.17. The molecule has 17 heavy (non-hydrogen) atoms. The van der Waals surface area contributed by atoms with Crippen LogP contribution >= 0.6 is 0 Å². The average Bonchev–Trinajstić information content (AvgIpc) is 2.77. The summed E-state index contributed by atoms with van der Waals surface area (Å²) >= 11 is 0. The minimum absolute atomic E-state index is 0.0231. The lowest BCUT2D eigenvalue weighted by atomic mass is 10.0. The quantitative estimate of drug-likeness (QED) is 0.720. The van der Waals surface area contributed by atoms with E-state index >= 15 is 0 Å². The van der Waals surface area contributed by atoms with Crippen LogP contribution in [0.5, 0.6) is 0 Å². The van der Waals surface area contributed by atoms with Gasteiger partial charge in [0.1, 0.15) is 0 Å². The second-order valence-corrected chi connectivity index (χ2v) is 4.59. The molecule has 3 unspecified atom stereocenters. The van der Waals surface area contributed by atoms with Gasteiger partial charge in [-0.05, 0) is 19.9 Å². The van der Waals surface area contributed by atoms with Crippen LogP contribution in [0.4, 0.5) is 0 Å². The van der Waals surface area contributed by atoms with Crippen LogP contribution in [0.2, 0.25) is 0 Å². The summed E-state index contributed by atoms with van der Waals surface area (Å²) < 4.78 is 10.6. The minimum atomic E-state index is -0.765. The van der Waals surface area contributed by atoms with Crippen molar-refractivity contribution >= 4 is 5.97 Å². The monoisotopic (exact) mass is 245 g/mol. The maximum atomic E-state index is 11.1. The molecule has 100 valence electrons. The average molecular weight is 245 g/mol. The fourth-order valence-electron chi connectivity index (χ4n) is 2.22. The zero-order valence-corrected chi connectivity index (χ0v) is 10.9. The Bertz CT molecular complexity index is 247. The second kappa shape index (κ2) is 6.93. The highest BCUT2D eigenvalue weighted by atomic mass is 16.5. The Hall–Kier alpha value is -0.650. The molecule has 1 aliphatic rings. The molecular formula is C12H23NO4. The first-order valence-electron chi connectivity index (χ1n) is 6.17. The van der Waals surface area contributed by atoms with E-state index in [-0.39, 0.29) is 12.1 Å². The molecule has 1 aliphatic heterocycles. The fourth-order valence-corrected chi connectivity index (χ4v) is 2.22. The maximum absolute atomic E-state index is 11.1. The summed E-state index contributed by atoms with van der Waals surface area (Å²) in [5.41, 5.74) is 0. The first-order chi connectivity index (χ1) is 8.10. The molecule has 3 atom stereocenters.